The van der Waals surface area contributed by atoms with Crippen LogP contribution in [0.5, 0.6) is 11.5 Å². The Labute approximate surface area is 142 Å². The van der Waals surface area contributed by atoms with E-state index in [2.05, 4.69) is 15.9 Å². The van der Waals surface area contributed by atoms with Crippen LogP contribution in [0.15, 0.2) is 28.7 Å². The van der Waals surface area contributed by atoms with E-state index >= 15 is 0 Å². The molecule has 0 fully saturated rings. The standard InChI is InChI=1S/C14H6BrClFNO5/c15-12-11(13(19)7-3-6(17)1-2-8(7)16)9(18(20)21)4-10-14(12)23-5-22-10/h1-4H,5H2. The maximum absolute atomic E-state index is 13.4. The minimum atomic E-state index is -0.800. The van der Waals surface area contributed by atoms with E-state index in [1.165, 1.54) is 6.07 Å². The van der Waals surface area contributed by atoms with Gasteiger partial charge in [-0.15, -0.1) is 0 Å². The molecule has 1 aliphatic heterocycles. The molecule has 9 heteroatoms. The molecule has 118 valence electrons. The van der Waals surface area contributed by atoms with Crippen LogP contribution in [0.25, 0.3) is 0 Å². The number of carbonyl (C=O) groups excluding carboxylic acids is 1. The van der Waals surface area contributed by atoms with E-state index in [0.29, 0.717) is 0 Å². The van der Waals surface area contributed by atoms with Crippen molar-refractivity contribution in [1.82, 2.24) is 0 Å². The lowest BCUT2D eigenvalue weighted by Gasteiger charge is -2.09. The predicted molar refractivity (Wildman–Crippen MR) is 81.8 cm³/mol. The number of benzene rings is 2. The summed E-state index contributed by atoms with van der Waals surface area (Å²) in [6.07, 6.45) is 0. The van der Waals surface area contributed by atoms with Gasteiger partial charge in [-0.2, -0.15) is 0 Å². The molecule has 0 unspecified atom stereocenters. The van der Waals surface area contributed by atoms with Crippen LogP contribution in [-0.2, 0) is 0 Å². The summed E-state index contributed by atoms with van der Waals surface area (Å²) in [4.78, 5) is 23.2. The highest BCUT2D eigenvalue weighted by molar-refractivity contribution is 9.10. The number of halogens is 3. The van der Waals surface area contributed by atoms with Crippen LogP contribution in [0, 0.1) is 15.9 Å². The Kier molecular flexibility index (Phi) is 3.95. The van der Waals surface area contributed by atoms with E-state index in [1.807, 2.05) is 0 Å². The number of carbonyl (C=O) groups is 1. The average Bonchev–Trinajstić information content (AvgIpc) is 2.97. The van der Waals surface area contributed by atoms with Crippen molar-refractivity contribution in [2.24, 2.45) is 0 Å². The molecule has 2 aromatic carbocycles. The molecule has 0 amide bonds. The molecule has 0 radical (unpaired) electrons. The highest BCUT2D eigenvalue weighted by Crippen LogP contribution is 2.46. The molecule has 0 N–H and O–H groups in total. The largest absolute Gasteiger partial charge is 0.453 e. The van der Waals surface area contributed by atoms with Crippen LogP contribution in [0.4, 0.5) is 10.1 Å². The van der Waals surface area contributed by atoms with Crippen molar-refractivity contribution in [3.8, 4) is 11.5 Å². The lowest BCUT2D eigenvalue weighted by molar-refractivity contribution is -0.385. The normalized spacial score (nSPS) is 12.3. The topological polar surface area (TPSA) is 78.7 Å². The number of rotatable bonds is 3. The molecular weight excluding hydrogens is 397 g/mol. The lowest BCUT2D eigenvalue weighted by atomic mass is 10.0. The summed E-state index contributed by atoms with van der Waals surface area (Å²) in [7, 11) is 0. The first-order valence-electron chi connectivity index (χ1n) is 6.16. The zero-order valence-electron chi connectivity index (χ0n) is 11.1. The summed E-state index contributed by atoms with van der Waals surface area (Å²) < 4.78 is 23.8. The van der Waals surface area contributed by atoms with Crippen LogP contribution in [0.3, 0.4) is 0 Å². The van der Waals surface area contributed by atoms with Crippen molar-refractivity contribution in [2.75, 3.05) is 6.79 Å². The maximum atomic E-state index is 13.4. The zero-order valence-corrected chi connectivity index (χ0v) is 13.5. The second-order valence-corrected chi connectivity index (χ2v) is 5.73. The summed E-state index contributed by atoms with van der Waals surface area (Å²) in [6.45, 7) is -0.122. The van der Waals surface area contributed by atoms with Gasteiger partial charge >= 0.3 is 0 Å². The highest BCUT2D eigenvalue weighted by atomic mass is 79.9. The first kappa shape index (κ1) is 15.7. The van der Waals surface area contributed by atoms with Gasteiger partial charge in [0.25, 0.3) is 5.69 Å². The summed E-state index contributed by atoms with van der Waals surface area (Å²) in [5.74, 6) is -1.17. The Morgan fingerprint density at radius 1 is 1.35 bits per heavy atom. The van der Waals surface area contributed by atoms with Crippen LogP contribution < -0.4 is 9.47 Å². The number of hydrogen-bond acceptors (Lipinski definition) is 5. The van der Waals surface area contributed by atoms with E-state index in [1.54, 1.807) is 0 Å². The Morgan fingerprint density at radius 3 is 2.78 bits per heavy atom. The van der Waals surface area contributed by atoms with Gasteiger partial charge in [0, 0.05) is 5.56 Å². The summed E-state index contributed by atoms with van der Waals surface area (Å²) in [5, 5.41) is 11.3. The molecule has 0 bridgehead atoms. The zero-order chi connectivity index (χ0) is 16.7. The number of nitro benzene ring substituents is 1. The van der Waals surface area contributed by atoms with Gasteiger partial charge in [0.15, 0.2) is 11.5 Å². The van der Waals surface area contributed by atoms with E-state index < -0.39 is 22.2 Å². The van der Waals surface area contributed by atoms with E-state index in [9.17, 15) is 19.3 Å². The van der Waals surface area contributed by atoms with Gasteiger partial charge in [-0.05, 0) is 34.1 Å². The van der Waals surface area contributed by atoms with Gasteiger partial charge in [-0.1, -0.05) is 11.6 Å². The quantitative estimate of drug-likeness (QED) is 0.438. The molecular formula is C14H6BrClFNO5. The molecule has 1 aliphatic rings. The molecule has 0 saturated heterocycles. The molecule has 0 spiro atoms. The molecule has 1 heterocycles. The van der Waals surface area contributed by atoms with Crippen molar-refractivity contribution < 1.29 is 23.6 Å². The van der Waals surface area contributed by atoms with Gasteiger partial charge in [0.1, 0.15) is 11.4 Å². The van der Waals surface area contributed by atoms with Crippen LogP contribution in [-0.4, -0.2) is 17.5 Å². The highest BCUT2D eigenvalue weighted by Gasteiger charge is 2.33. The predicted octanol–water partition coefficient (Wildman–Crippen LogP) is 4.11. The van der Waals surface area contributed by atoms with Crippen molar-refractivity contribution in [2.45, 2.75) is 0 Å². The van der Waals surface area contributed by atoms with Crippen molar-refractivity contribution in [1.29, 1.82) is 0 Å². The van der Waals surface area contributed by atoms with Crippen molar-refractivity contribution >= 4 is 39.0 Å². The van der Waals surface area contributed by atoms with Gasteiger partial charge < -0.3 is 9.47 Å². The van der Waals surface area contributed by atoms with Crippen LogP contribution >= 0.6 is 27.5 Å². The fourth-order valence-corrected chi connectivity index (χ4v) is 3.05. The average molecular weight is 403 g/mol. The van der Waals surface area contributed by atoms with E-state index in [0.717, 1.165) is 18.2 Å². The number of hydrogen-bond donors (Lipinski definition) is 0. The van der Waals surface area contributed by atoms with E-state index in [4.69, 9.17) is 21.1 Å². The second-order valence-electron chi connectivity index (χ2n) is 4.53. The third-order valence-electron chi connectivity index (χ3n) is 3.18. The van der Waals surface area contributed by atoms with Crippen molar-refractivity contribution in [3.05, 3.63) is 60.8 Å². The molecule has 2 aromatic rings. The van der Waals surface area contributed by atoms with Crippen LogP contribution in [0.2, 0.25) is 5.02 Å². The number of ketones is 1. The molecule has 0 aliphatic carbocycles. The monoisotopic (exact) mass is 401 g/mol. The molecule has 6 nitrogen and oxygen atoms in total. The third kappa shape index (κ3) is 2.64. The molecule has 23 heavy (non-hydrogen) atoms. The molecule has 3 rings (SSSR count). The second kappa shape index (κ2) is 5.78. The first-order valence-corrected chi connectivity index (χ1v) is 7.33. The van der Waals surface area contributed by atoms with Gasteiger partial charge in [0.2, 0.25) is 12.6 Å². The number of nitrogens with zero attached hydrogens (tertiary/aromatic N) is 1. The van der Waals surface area contributed by atoms with Gasteiger partial charge in [0.05, 0.1) is 20.5 Å². The SMILES string of the molecule is O=C(c1cc(F)ccc1Cl)c1c([N+](=O)[O-])cc2c(c1Br)OCO2. The number of nitro groups is 1. The van der Waals surface area contributed by atoms with Gasteiger partial charge in [-0.25, -0.2) is 4.39 Å². The molecule has 0 atom stereocenters. The van der Waals surface area contributed by atoms with Gasteiger partial charge in [-0.3, -0.25) is 14.9 Å². The minimum absolute atomic E-state index is 0.0183. The van der Waals surface area contributed by atoms with E-state index in [-0.39, 0.29) is 38.9 Å². The Morgan fingerprint density at radius 2 is 2.09 bits per heavy atom. The summed E-state index contributed by atoms with van der Waals surface area (Å²) >= 11 is 9.04. The fraction of sp³-hybridized carbons (Fsp3) is 0.0714. The Hall–Kier alpha value is -2.19. The third-order valence-corrected chi connectivity index (χ3v) is 4.27. The smallest absolute Gasteiger partial charge is 0.285 e. The first-order chi connectivity index (χ1) is 10.9. The lowest BCUT2D eigenvalue weighted by Crippen LogP contribution is -2.08. The summed E-state index contributed by atoms with van der Waals surface area (Å²) in [6, 6.07) is 4.30. The fourth-order valence-electron chi connectivity index (χ4n) is 2.16. The molecule has 0 saturated carbocycles. The number of ether oxygens (including phenoxy) is 2. The maximum Gasteiger partial charge on any atom is 0.285 e. The Balaban J connectivity index is 2.24. The molecule has 0 aromatic heterocycles. The summed E-state index contributed by atoms with van der Waals surface area (Å²) in [5.41, 5.74) is -0.965. The number of fused-ring (bicyclic) bond motifs is 1. The Bertz CT molecular complexity index is 858. The van der Waals surface area contributed by atoms with Crippen LogP contribution in [0.1, 0.15) is 15.9 Å². The minimum Gasteiger partial charge on any atom is -0.453 e. The van der Waals surface area contributed by atoms with Crippen molar-refractivity contribution in [3.63, 3.8) is 0 Å².